The summed E-state index contributed by atoms with van der Waals surface area (Å²) in [4.78, 5) is 11.4. The fourth-order valence-corrected chi connectivity index (χ4v) is 2.37. The normalized spacial score (nSPS) is 24.2. The van der Waals surface area contributed by atoms with Crippen LogP contribution in [0, 0.1) is 0 Å². The van der Waals surface area contributed by atoms with E-state index in [-0.39, 0.29) is 12.0 Å². The highest BCUT2D eigenvalue weighted by atomic mass is 19.4. The summed E-state index contributed by atoms with van der Waals surface area (Å²) in [5.74, 6) is -1.27. The van der Waals surface area contributed by atoms with E-state index < -0.39 is 23.2 Å². The number of carbonyl (C=O) groups is 1. The molecule has 0 spiro atoms. The minimum absolute atomic E-state index is 0.162. The quantitative estimate of drug-likeness (QED) is 0.857. The molecule has 1 aromatic carbocycles. The van der Waals surface area contributed by atoms with Gasteiger partial charge in [-0.3, -0.25) is 5.32 Å². The summed E-state index contributed by atoms with van der Waals surface area (Å²) in [6.45, 7) is 0.401. The first kappa shape index (κ1) is 12.9. The van der Waals surface area contributed by atoms with Crippen LogP contribution in [0.2, 0.25) is 0 Å². The molecule has 1 heterocycles. The lowest BCUT2D eigenvalue weighted by Crippen LogP contribution is -2.45. The van der Waals surface area contributed by atoms with Crippen LogP contribution in [0.3, 0.4) is 0 Å². The van der Waals surface area contributed by atoms with E-state index in [2.05, 4.69) is 5.32 Å². The number of benzene rings is 1. The Balaban J connectivity index is 2.59. The second-order valence-electron chi connectivity index (χ2n) is 4.28. The van der Waals surface area contributed by atoms with Crippen molar-refractivity contribution in [2.75, 3.05) is 6.54 Å². The lowest BCUT2D eigenvalue weighted by atomic mass is 9.85. The number of alkyl halides is 3. The van der Waals surface area contributed by atoms with Gasteiger partial charge in [0, 0.05) is 0 Å². The van der Waals surface area contributed by atoms with Gasteiger partial charge < -0.3 is 5.11 Å². The molecule has 0 aliphatic carbocycles. The Hall–Kier alpha value is -1.56. The van der Waals surface area contributed by atoms with Crippen LogP contribution in [-0.4, -0.2) is 17.6 Å². The molecule has 0 saturated carbocycles. The molecule has 6 heteroatoms. The third kappa shape index (κ3) is 1.96. The SMILES string of the molecule is O=C(O)C1(c2ccccc2C(F)(F)F)CCCN1. The first-order valence-electron chi connectivity index (χ1n) is 5.53. The molecule has 0 amide bonds. The summed E-state index contributed by atoms with van der Waals surface area (Å²) in [6.07, 6.45) is -3.85. The van der Waals surface area contributed by atoms with Crippen LogP contribution in [0.1, 0.15) is 24.0 Å². The average molecular weight is 259 g/mol. The van der Waals surface area contributed by atoms with E-state index in [0.717, 1.165) is 6.07 Å². The molecule has 1 aliphatic heterocycles. The highest BCUT2D eigenvalue weighted by Gasteiger charge is 2.48. The minimum atomic E-state index is -4.55. The first-order chi connectivity index (χ1) is 8.38. The molecule has 98 valence electrons. The maximum Gasteiger partial charge on any atom is 0.416 e. The van der Waals surface area contributed by atoms with Gasteiger partial charge in [0.25, 0.3) is 0 Å². The highest BCUT2D eigenvalue weighted by Crippen LogP contribution is 2.40. The molecule has 0 bridgehead atoms. The lowest BCUT2D eigenvalue weighted by molar-refractivity contribution is -0.147. The Labute approximate surface area is 102 Å². The van der Waals surface area contributed by atoms with Gasteiger partial charge in [-0.15, -0.1) is 0 Å². The van der Waals surface area contributed by atoms with Gasteiger partial charge >= 0.3 is 12.1 Å². The molecule has 1 unspecified atom stereocenters. The Kier molecular flexibility index (Phi) is 3.06. The van der Waals surface area contributed by atoms with Gasteiger partial charge in [0.05, 0.1) is 5.56 Å². The molecular weight excluding hydrogens is 247 g/mol. The summed E-state index contributed by atoms with van der Waals surface area (Å²) in [6, 6.07) is 4.83. The topological polar surface area (TPSA) is 49.3 Å². The average Bonchev–Trinajstić information content (AvgIpc) is 2.78. The monoisotopic (exact) mass is 259 g/mol. The van der Waals surface area contributed by atoms with Crippen molar-refractivity contribution in [2.45, 2.75) is 24.6 Å². The van der Waals surface area contributed by atoms with Crippen LogP contribution >= 0.6 is 0 Å². The van der Waals surface area contributed by atoms with Gasteiger partial charge in [-0.2, -0.15) is 13.2 Å². The van der Waals surface area contributed by atoms with E-state index in [9.17, 15) is 23.1 Å². The predicted molar refractivity (Wildman–Crippen MR) is 58.0 cm³/mol. The lowest BCUT2D eigenvalue weighted by Gasteiger charge is -2.28. The van der Waals surface area contributed by atoms with Crippen LogP contribution in [-0.2, 0) is 16.5 Å². The fraction of sp³-hybridized carbons (Fsp3) is 0.417. The van der Waals surface area contributed by atoms with Gasteiger partial charge in [0.15, 0.2) is 0 Å². The van der Waals surface area contributed by atoms with Crippen LogP contribution in [0.15, 0.2) is 24.3 Å². The van der Waals surface area contributed by atoms with Crippen molar-refractivity contribution >= 4 is 5.97 Å². The number of rotatable bonds is 2. The summed E-state index contributed by atoms with van der Waals surface area (Å²) in [5, 5.41) is 12.0. The summed E-state index contributed by atoms with van der Waals surface area (Å²) in [7, 11) is 0. The molecule has 1 fully saturated rings. The molecule has 18 heavy (non-hydrogen) atoms. The number of nitrogens with one attached hydrogen (secondary N) is 1. The zero-order chi connectivity index (χ0) is 13.4. The standard InChI is InChI=1S/C12H12F3NO2/c13-12(14,15)9-5-2-1-4-8(9)11(10(17)18)6-3-7-16-11/h1-2,4-5,16H,3,6-7H2,(H,17,18). The number of hydrogen-bond acceptors (Lipinski definition) is 2. The van der Waals surface area contributed by atoms with Crippen molar-refractivity contribution in [1.82, 2.24) is 5.32 Å². The van der Waals surface area contributed by atoms with Crippen molar-refractivity contribution in [1.29, 1.82) is 0 Å². The molecule has 0 aromatic heterocycles. The zero-order valence-corrected chi connectivity index (χ0v) is 9.42. The molecule has 1 saturated heterocycles. The first-order valence-corrected chi connectivity index (χ1v) is 5.53. The number of hydrogen-bond donors (Lipinski definition) is 2. The molecule has 2 rings (SSSR count). The minimum Gasteiger partial charge on any atom is -0.480 e. The fourth-order valence-electron chi connectivity index (χ4n) is 2.37. The summed E-state index contributed by atoms with van der Waals surface area (Å²) >= 11 is 0. The highest BCUT2D eigenvalue weighted by molar-refractivity contribution is 5.82. The van der Waals surface area contributed by atoms with Gasteiger partial charge in [-0.25, -0.2) is 4.79 Å². The van der Waals surface area contributed by atoms with E-state index in [0.29, 0.717) is 13.0 Å². The third-order valence-corrected chi connectivity index (χ3v) is 3.21. The molecule has 1 aliphatic rings. The van der Waals surface area contributed by atoms with Crippen LogP contribution < -0.4 is 5.32 Å². The Bertz CT molecular complexity index is 465. The number of halogens is 3. The van der Waals surface area contributed by atoms with E-state index in [4.69, 9.17) is 0 Å². The Morgan fingerprint density at radius 1 is 1.33 bits per heavy atom. The Morgan fingerprint density at radius 2 is 2.00 bits per heavy atom. The smallest absolute Gasteiger partial charge is 0.416 e. The zero-order valence-electron chi connectivity index (χ0n) is 9.42. The van der Waals surface area contributed by atoms with Gasteiger partial charge in [-0.1, -0.05) is 18.2 Å². The van der Waals surface area contributed by atoms with E-state index >= 15 is 0 Å². The number of carboxylic acids is 1. The molecule has 1 aromatic rings. The van der Waals surface area contributed by atoms with Crippen molar-refractivity contribution < 1.29 is 23.1 Å². The number of aliphatic carboxylic acids is 1. The van der Waals surface area contributed by atoms with E-state index in [1.54, 1.807) is 0 Å². The van der Waals surface area contributed by atoms with Crippen LogP contribution in [0.5, 0.6) is 0 Å². The maximum absolute atomic E-state index is 12.9. The predicted octanol–water partition coefficient (Wildman–Crippen LogP) is 2.37. The molecule has 3 nitrogen and oxygen atoms in total. The second-order valence-corrected chi connectivity index (χ2v) is 4.28. The largest absolute Gasteiger partial charge is 0.480 e. The Morgan fingerprint density at radius 3 is 2.50 bits per heavy atom. The van der Waals surface area contributed by atoms with E-state index in [1.807, 2.05) is 0 Å². The third-order valence-electron chi connectivity index (χ3n) is 3.21. The van der Waals surface area contributed by atoms with Crippen molar-refractivity contribution in [3.63, 3.8) is 0 Å². The summed E-state index contributed by atoms with van der Waals surface area (Å²) < 4.78 is 38.7. The van der Waals surface area contributed by atoms with Crippen LogP contribution in [0.25, 0.3) is 0 Å². The van der Waals surface area contributed by atoms with Crippen molar-refractivity contribution in [3.05, 3.63) is 35.4 Å². The second kappa shape index (κ2) is 4.28. The molecule has 1 atom stereocenters. The van der Waals surface area contributed by atoms with Gasteiger partial charge in [0.2, 0.25) is 0 Å². The summed E-state index contributed by atoms with van der Waals surface area (Å²) in [5.41, 5.74) is -2.71. The number of carboxylic acid groups (broad SMARTS) is 1. The maximum atomic E-state index is 12.9. The van der Waals surface area contributed by atoms with Gasteiger partial charge in [-0.05, 0) is 31.0 Å². The molecule has 2 N–H and O–H groups in total. The van der Waals surface area contributed by atoms with Crippen molar-refractivity contribution in [2.24, 2.45) is 0 Å². The molecular formula is C12H12F3NO2. The van der Waals surface area contributed by atoms with Crippen LogP contribution in [0.4, 0.5) is 13.2 Å². The molecule has 0 radical (unpaired) electrons. The van der Waals surface area contributed by atoms with Crippen molar-refractivity contribution in [3.8, 4) is 0 Å². The van der Waals surface area contributed by atoms with Gasteiger partial charge in [0.1, 0.15) is 5.54 Å². The van der Waals surface area contributed by atoms with E-state index in [1.165, 1.54) is 18.2 Å².